The van der Waals surface area contributed by atoms with E-state index >= 15 is 0 Å². The number of amides is 1. The largest absolute Gasteiger partial charge is 0.505 e. The third-order valence-corrected chi connectivity index (χ3v) is 7.94. The summed E-state index contributed by atoms with van der Waals surface area (Å²) in [6.45, 7) is 17.6. The number of carbonyl (C=O) groups excluding carboxylic acids is 2. The van der Waals surface area contributed by atoms with Gasteiger partial charge in [-0.15, -0.1) is 0 Å². The lowest BCUT2D eigenvalue weighted by molar-refractivity contribution is -0.140. The van der Waals surface area contributed by atoms with Crippen molar-refractivity contribution in [3.63, 3.8) is 0 Å². The molecule has 3 heterocycles. The van der Waals surface area contributed by atoms with Crippen LogP contribution in [0.15, 0.2) is 42.1 Å². The second-order valence-electron chi connectivity index (χ2n) is 11.1. The van der Waals surface area contributed by atoms with Gasteiger partial charge in [0.25, 0.3) is 11.7 Å². The first-order valence-corrected chi connectivity index (χ1v) is 15.0. The summed E-state index contributed by atoms with van der Waals surface area (Å²) in [6.07, 6.45) is 2.77. The number of likely N-dealkylation sites (N-methyl/N-ethyl adjacent to an activating group) is 1. The topological polar surface area (TPSA) is 96.6 Å². The first kappa shape index (κ1) is 31.1. The molecular formula is C33H44N4O5. The monoisotopic (exact) mass is 576 g/mol. The molecule has 1 aromatic carbocycles. The molecule has 9 nitrogen and oxygen atoms in total. The molecule has 1 atom stereocenters. The maximum absolute atomic E-state index is 13.7. The van der Waals surface area contributed by atoms with E-state index in [9.17, 15) is 14.7 Å². The normalized spacial score (nSPS) is 16.8. The summed E-state index contributed by atoms with van der Waals surface area (Å²) in [6, 6.07) is 8.54. The average molecular weight is 577 g/mol. The van der Waals surface area contributed by atoms with E-state index in [-0.39, 0.29) is 17.0 Å². The number of benzene rings is 1. The molecule has 1 amide bonds. The van der Waals surface area contributed by atoms with Gasteiger partial charge in [0.2, 0.25) is 0 Å². The Labute approximate surface area is 248 Å². The number of ketones is 1. The van der Waals surface area contributed by atoms with E-state index in [1.165, 1.54) is 0 Å². The number of likely N-dealkylation sites (tertiary alicyclic amines) is 1. The summed E-state index contributed by atoms with van der Waals surface area (Å²) >= 11 is 0. The van der Waals surface area contributed by atoms with Crippen molar-refractivity contribution in [3.8, 4) is 11.5 Å². The van der Waals surface area contributed by atoms with E-state index in [0.717, 1.165) is 25.1 Å². The summed E-state index contributed by atoms with van der Waals surface area (Å²) in [5, 5.41) is 11.7. The van der Waals surface area contributed by atoms with Gasteiger partial charge in [-0.25, -0.2) is 4.98 Å². The van der Waals surface area contributed by atoms with Gasteiger partial charge in [0.1, 0.15) is 11.3 Å². The minimum Gasteiger partial charge on any atom is -0.505 e. The molecule has 1 saturated heterocycles. The average Bonchev–Trinajstić information content (AvgIpc) is 3.44. The summed E-state index contributed by atoms with van der Waals surface area (Å²) < 4.78 is 13.9. The number of aryl methyl sites for hydroxylation is 2. The number of nitrogens with zero attached hydrogens (tertiary/aromatic N) is 4. The van der Waals surface area contributed by atoms with Crippen LogP contribution in [0, 0.1) is 19.8 Å². The molecule has 2 aromatic heterocycles. The molecule has 1 aliphatic heterocycles. The van der Waals surface area contributed by atoms with Crippen molar-refractivity contribution in [3.05, 3.63) is 64.6 Å². The van der Waals surface area contributed by atoms with Crippen LogP contribution in [-0.4, -0.2) is 75.4 Å². The minimum atomic E-state index is -0.810. The van der Waals surface area contributed by atoms with Crippen LogP contribution in [0.25, 0.3) is 11.4 Å². The molecule has 4 rings (SSSR count). The van der Waals surface area contributed by atoms with E-state index < -0.39 is 17.7 Å². The van der Waals surface area contributed by atoms with E-state index in [4.69, 9.17) is 14.5 Å². The number of fused-ring (bicyclic) bond motifs is 1. The van der Waals surface area contributed by atoms with Gasteiger partial charge in [-0.3, -0.25) is 9.59 Å². The van der Waals surface area contributed by atoms with Crippen LogP contribution in [-0.2, 0) is 9.59 Å². The molecule has 1 unspecified atom stereocenters. The quantitative estimate of drug-likeness (QED) is 0.162. The summed E-state index contributed by atoms with van der Waals surface area (Å²) in [4.78, 5) is 35.7. The van der Waals surface area contributed by atoms with E-state index in [1.54, 1.807) is 4.90 Å². The molecule has 1 N–H and O–H groups in total. The number of aliphatic hydroxyl groups excluding tert-OH is 1. The lowest BCUT2D eigenvalue weighted by atomic mass is 9.96. The predicted molar refractivity (Wildman–Crippen MR) is 164 cm³/mol. The van der Waals surface area contributed by atoms with Crippen LogP contribution in [0.5, 0.6) is 11.5 Å². The highest BCUT2D eigenvalue weighted by atomic mass is 16.5. The van der Waals surface area contributed by atoms with Gasteiger partial charge in [-0.05, 0) is 75.5 Å². The summed E-state index contributed by atoms with van der Waals surface area (Å²) in [5.41, 5.74) is 3.28. The van der Waals surface area contributed by atoms with Crippen molar-refractivity contribution >= 4 is 23.1 Å². The van der Waals surface area contributed by atoms with Crippen LogP contribution in [0.1, 0.15) is 69.6 Å². The lowest BCUT2D eigenvalue weighted by Crippen LogP contribution is -2.38. The Hall–Kier alpha value is -3.85. The Balaban J connectivity index is 1.85. The van der Waals surface area contributed by atoms with Crippen LogP contribution < -0.4 is 9.47 Å². The van der Waals surface area contributed by atoms with E-state index in [2.05, 4.69) is 32.6 Å². The van der Waals surface area contributed by atoms with Crippen molar-refractivity contribution in [1.82, 2.24) is 19.2 Å². The molecule has 9 heteroatoms. The fourth-order valence-corrected chi connectivity index (χ4v) is 5.41. The number of Topliss-reactive ketones (excluding diaryl/α,β-unsaturated/α-hetero) is 1. The SMILES string of the molecule is CCOc1cc(C2/C(=C(\O)c3nc4c(C)cccn4c3C)C(=O)C(=O)N2CCN(CC)CC)ccc1OCCC(C)C. The van der Waals surface area contributed by atoms with Crippen molar-refractivity contribution in [1.29, 1.82) is 0 Å². The second kappa shape index (κ2) is 13.4. The van der Waals surface area contributed by atoms with Gasteiger partial charge in [0.05, 0.1) is 30.5 Å². The lowest BCUT2D eigenvalue weighted by Gasteiger charge is -2.28. The third-order valence-electron chi connectivity index (χ3n) is 7.94. The number of rotatable bonds is 13. The van der Waals surface area contributed by atoms with Gasteiger partial charge in [0.15, 0.2) is 17.3 Å². The third kappa shape index (κ3) is 6.16. The fraction of sp³-hybridized carbons (Fsp3) is 0.485. The van der Waals surface area contributed by atoms with Crippen molar-refractivity contribution < 1.29 is 24.2 Å². The molecule has 1 aliphatic rings. The second-order valence-corrected chi connectivity index (χ2v) is 11.1. The zero-order chi connectivity index (χ0) is 30.6. The Morgan fingerprint density at radius 1 is 1.07 bits per heavy atom. The minimum absolute atomic E-state index is 0.0274. The highest BCUT2D eigenvalue weighted by molar-refractivity contribution is 6.46. The van der Waals surface area contributed by atoms with Gasteiger partial charge >= 0.3 is 0 Å². The maximum Gasteiger partial charge on any atom is 0.295 e. The van der Waals surface area contributed by atoms with E-state index in [0.29, 0.717) is 60.6 Å². The number of aliphatic hydroxyl groups is 1. The van der Waals surface area contributed by atoms with Gasteiger partial charge < -0.3 is 28.8 Å². The zero-order valence-electron chi connectivity index (χ0n) is 25.9. The number of hydrogen-bond acceptors (Lipinski definition) is 7. The van der Waals surface area contributed by atoms with Crippen LogP contribution >= 0.6 is 0 Å². The smallest absolute Gasteiger partial charge is 0.295 e. The number of hydrogen-bond donors (Lipinski definition) is 1. The highest BCUT2D eigenvalue weighted by Gasteiger charge is 2.46. The standard InChI is InChI=1S/C33H44N4O5/c1-8-35(9-2)17-18-37-29(24-13-14-25(26(20-24)41-10-3)42-19-15-21(4)5)27(31(39)33(37)40)30(38)28-23(7)36-16-11-12-22(6)32(36)34-28/h11-14,16,20-21,29,38H,8-10,15,17-19H2,1-7H3/b30-27+. The Morgan fingerprint density at radius 3 is 2.45 bits per heavy atom. The van der Waals surface area contributed by atoms with Crippen LogP contribution in [0.3, 0.4) is 0 Å². The molecule has 42 heavy (non-hydrogen) atoms. The van der Waals surface area contributed by atoms with Crippen molar-refractivity contribution in [2.24, 2.45) is 5.92 Å². The number of carbonyl (C=O) groups is 2. The molecule has 226 valence electrons. The fourth-order valence-electron chi connectivity index (χ4n) is 5.41. The molecule has 0 bridgehead atoms. The molecule has 0 spiro atoms. The Morgan fingerprint density at radius 2 is 1.81 bits per heavy atom. The van der Waals surface area contributed by atoms with Gasteiger partial charge in [-0.2, -0.15) is 0 Å². The molecule has 0 saturated carbocycles. The molecule has 1 fully saturated rings. The molecular weight excluding hydrogens is 532 g/mol. The molecule has 3 aromatic rings. The van der Waals surface area contributed by atoms with Crippen LogP contribution in [0.4, 0.5) is 0 Å². The van der Waals surface area contributed by atoms with Crippen molar-refractivity contribution in [2.45, 2.75) is 60.9 Å². The van der Waals surface area contributed by atoms with E-state index in [1.807, 2.05) is 61.7 Å². The zero-order valence-corrected chi connectivity index (χ0v) is 25.9. The van der Waals surface area contributed by atoms with Crippen molar-refractivity contribution in [2.75, 3.05) is 39.4 Å². The first-order valence-electron chi connectivity index (χ1n) is 15.0. The molecule has 0 aliphatic carbocycles. The predicted octanol–water partition coefficient (Wildman–Crippen LogP) is 5.54. The molecule has 0 radical (unpaired) electrons. The number of ether oxygens (including phenoxy) is 2. The first-order chi connectivity index (χ1) is 20.1. The maximum atomic E-state index is 13.7. The number of aromatic nitrogens is 2. The number of pyridine rings is 1. The number of imidazole rings is 1. The van der Waals surface area contributed by atoms with Gasteiger partial charge in [-0.1, -0.05) is 39.8 Å². The summed E-state index contributed by atoms with van der Waals surface area (Å²) in [7, 11) is 0. The summed E-state index contributed by atoms with van der Waals surface area (Å²) in [5.74, 6) is -0.000619. The highest BCUT2D eigenvalue weighted by Crippen LogP contribution is 2.42. The van der Waals surface area contributed by atoms with Crippen LogP contribution in [0.2, 0.25) is 0 Å². The van der Waals surface area contributed by atoms with Gasteiger partial charge in [0, 0.05) is 19.3 Å². The Kier molecular flexibility index (Phi) is 9.93. The Bertz CT molecular complexity index is 1470.